The van der Waals surface area contributed by atoms with Gasteiger partial charge in [0, 0.05) is 12.6 Å². The quantitative estimate of drug-likeness (QED) is 0.505. The first kappa shape index (κ1) is 22.5. The molecule has 7 nitrogen and oxygen atoms in total. The average molecular weight is 475 g/mol. The Morgan fingerprint density at radius 2 is 1.88 bits per heavy atom. The Bertz CT molecular complexity index is 1200. The lowest BCUT2D eigenvalue weighted by molar-refractivity contribution is -0.119. The molecule has 1 atom stereocenters. The maximum atomic E-state index is 14.4. The summed E-state index contributed by atoms with van der Waals surface area (Å²) in [7, 11) is -3.06. The average Bonchev–Trinajstić information content (AvgIpc) is 3.33. The van der Waals surface area contributed by atoms with E-state index in [1.54, 1.807) is 18.2 Å². The molecular weight excluding hydrogens is 451 g/mol. The monoisotopic (exact) mass is 474 g/mol. The number of amides is 1. The SMILES string of the molecule is O=C(CSc1nnc(-c2ccccc2F)n1CCc1ccccc1)N[C@H]1CCS(=O)(=O)C1. The summed E-state index contributed by atoms with van der Waals surface area (Å²) < 4.78 is 39.4. The highest BCUT2D eigenvalue weighted by Gasteiger charge is 2.29. The third-order valence-corrected chi connectivity index (χ3v) is 7.96. The lowest BCUT2D eigenvalue weighted by Gasteiger charge is -2.12. The van der Waals surface area contributed by atoms with Crippen LogP contribution in [0.3, 0.4) is 0 Å². The number of sulfone groups is 1. The number of carbonyl (C=O) groups is 1. The molecule has 1 fully saturated rings. The van der Waals surface area contributed by atoms with Crippen LogP contribution in [-0.4, -0.2) is 52.4 Å². The van der Waals surface area contributed by atoms with Crippen molar-refractivity contribution in [2.45, 2.75) is 30.6 Å². The van der Waals surface area contributed by atoms with E-state index in [0.717, 1.165) is 5.56 Å². The summed E-state index contributed by atoms with van der Waals surface area (Å²) in [6.45, 7) is 0.519. The van der Waals surface area contributed by atoms with Crippen LogP contribution in [-0.2, 0) is 27.6 Å². The van der Waals surface area contributed by atoms with Crippen LogP contribution in [0.15, 0.2) is 59.8 Å². The molecule has 1 N–H and O–H groups in total. The van der Waals surface area contributed by atoms with E-state index in [4.69, 9.17) is 0 Å². The Labute approximate surface area is 190 Å². The standard InChI is InChI=1S/C22H23FN4O3S2/c23-19-9-5-4-8-18(19)21-25-26-22(27(21)12-10-16-6-2-1-3-7-16)31-14-20(28)24-17-11-13-32(29,30)15-17/h1-9,17H,10-15H2,(H,24,28)/t17-/m0/s1. The molecule has 1 aromatic heterocycles. The number of halogens is 1. The second-order valence-corrected chi connectivity index (χ2v) is 10.8. The zero-order chi connectivity index (χ0) is 22.6. The Hall–Kier alpha value is -2.72. The second kappa shape index (κ2) is 9.83. The van der Waals surface area contributed by atoms with Crippen molar-refractivity contribution in [2.75, 3.05) is 17.3 Å². The van der Waals surface area contributed by atoms with Crippen LogP contribution in [0.1, 0.15) is 12.0 Å². The molecule has 32 heavy (non-hydrogen) atoms. The molecule has 1 aliphatic rings. The van der Waals surface area contributed by atoms with Crippen molar-refractivity contribution < 1.29 is 17.6 Å². The van der Waals surface area contributed by atoms with Gasteiger partial charge in [-0.3, -0.25) is 4.79 Å². The Balaban J connectivity index is 1.49. The zero-order valence-electron chi connectivity index (χ0n) is 17.3. The van der Waals surface area contributed by atoms with Gasteiger partial charge in [0.25, 0.3) is 0 Å². The van der Waals surface area contributed by atoms with E-state index in [2.05, 4.69) is 15.5 Å². The molecule has 3 aromatic rings. The topological polar surface area (TPSA) is 93.9 Å². The van der Waals surface area contributed by atoms with E-state index in [-0.39, 0.29) is 29.2 Å². The van der Waals surface area contributed by atoms with Crippen LogP contribution in [0.4, 0.5) is 4.39 Å². The number of rotatable bonds is 8. The molecule has 1 amide bonds. The van der Waals surface area contributed by atoms with Gasteiger partial charge in [-0.15, -0.1) is 10.2 Å². The summed E-state index contributed by atoms with van der Waals surface area (Å²) in [5.74, 6) is -0.0976. The Morgan fingerprint density at radius 1 is 1.12 bits per heavy atom. The fourth-order valence-electron chi connectivity index (χ4n) is 3.63. The largest absolute Gasteiger partial charge is 0.352 e. The first-order valence-corrected chi connectivity index (χ1v) is 13.1. The van der Waals surface area contributed by atoms with Crippen molar-refractivity contribution in [3.05, 3.63) is 66.0 Å². The zero-order valence-corrected chi connectivity index (χ0v) is 18.9. The molecule has 1 saturated heterocycles. The number of benzene rings is 2. The molecule has 0 bridgehead atoms. The van der Waals surface area contributed by atoms with E-state index >= 15 is 0 Å². The number of aryl methyl sites for hydroxylation is 1. The van der Waals surface area contributed by atoms with Crippen molar-refractivity contribution in [1.82, 2.24) is 20.1 Å². The fourth-order valence-corrected chi connectivity index (χ4v) is 6.08. The molecule has 0 aliphatic carbocycles. The molecule has 2 aromatic carbocycles. The van der Waals surface area contributed by atoms with Gasteiger partial charge in [-0.1, -0.05) is 54.2 Å². The number of hydrogen-bond donors (Lipinski definition) is 1. The number of nitrogens with one attached hydrogen (secondary N) is 1. The summed E-state index contributed by atoms with van der Waals surface area (Å²) >= 11 is 1.20. The van der Waals surface area contributed by atoms with Gasteiger partial charge < -0.3 is 9.88 Å². The molecule has 0 spiro atoms. The molecule has 1 aliphatic heterocycles. The molecule has 0 saturated carbocycles. The summed E-state index contributed by atoms with van der Waals surface area (Å²) in [6.07, 6.45) is 1.13. The normalized spacial score (nSPS) is 17.3. The third-order valence-electron chi connectivity index (χ3n) is 5.23. The van der Waals surface area contributed by atoms with E-state index in [1.807, 2.05) is 34.9 Å². The molecule has 0 radical (unpaired) electrons. The van der Waals surface area contributed by atoms with Gasteiger partial charge >= 0.3 is 0 Å². The predicted molar refractivity (Wildman–Crippen MR) is 121 cm³/mol. The van der Waals surface area contributed by atoms with Crippen LogP contribution in [0.25, 0.3) is 11.4 Å². The molecular formula is C22H23FN4O3S2. The highest BCUT2D eigenvalue weighted by atomic mass is 32.2. The lowest BCUT2D eigenvalue weighted by atomic mass is 10.1. The summed E-state index contributed by atoms with van der Waals surface area (Å²) in [4.78, 5) is 12.4. The highest BCUT2D eigenvalue weighted by molar-refractivity contribution is 7.99. The smallest absolute Gasteiger partial charge is 0.230 e. The van der Waals surface area contributed by atoms with Crippen LogP contribution >= 0.6 is 11.8 Å². The minimum absolute atomic E-state index is 0.0197. The van der Waals surface area contributed by atoms with Gasteiger partial charge in [0.1, 0.15) is 5.82 Å². The number of aromatic nitrogens is 3. The maximum Gasteiger partial charge on any atom is 0.230 e. The van der Waals surface area contributed by atoms with Gasteiger partial charge in [-0.25, -0.2) is 12.8 Å². The molecule has 2 heterocycles. The second-order valence-electron chi connectivity index (χ2n) is 7.63. The van der Waals surface area contributed by atoms with E-state index in [0.29, 0.717) is 35.9 Å². The van der Waals surface area contributed by atoms with Crippen molar-refractivity contribution in [1.29, 1.82) is 0 Å². The van der Waals surface area contributed by atoms with Gasteiger partial charge in [0.05, 0.1) is 22.8 Å². The summed E-state index contributed by atoms with van der Waals surface area (Å²) in [5, 5.41) is 11.7. The van der Waals surface area contributed by atoms with Crippen molar-refractivity contribution >= 4 is 27.5 Å². The molecule has 168 valence electrons. The number of hydrogen-bond acceptors (Lipinski definition) is 6. The lowest BCUT2D eigenvalue weighted by Crippen LogP contribution is -2.36. The first-order chi connectivity index (χ1) is 15.4. The Morgan fingerprint density at radius 3 is 2.59 bits per heavy atom. The molecule has 4 rings (SSSR count). The summed E-state index contributed by atoms with van der Waals surface area (Å²) in [6, 6.07) is 15.9. The van der Waals surface area contributed by atoms with E-state index in [1.165, 1.54) is 17.8 Å². The van der Waals surface area contributed by atoms with Crippen molar-refractivity contribution in [3.8, 4) is 11.4 Å². The van der Waals surface area contributed by atoms with Crippen LogP contribution in [0.2, 0.25) is 0 Å². The number of nitrogens with zero attached hydrogens (tertiary/aromatic N) is 3. The van der Waals surface area contributed by atoms with Crippen LogP contribution in [0.5, 0.6) is 0 Å². The van der Waals surface area contributed by atoms with Gasteiger partial charge in [-0.05, 0) is 30.5 Å². The minimum Gasteiger partial charge on any atom is -0.352 e. The fraction of sp³-hybridized carbons (Fsp3) is 0.318. The number of thioether (sulfide) groups is 1. The van der Waals surface area contributed by atoms with Gasteiger partial charge in [-0.2, -0.15) is 0 Å². The molecule has 10 heteroatoms. The number of carbonyl (C=O) groups excluding carboxylic acids is 1. The van der Waals surface area contributed by atoms with Crippen molar-refractivity contribution in [3.63, 3.8) is 0 Å². The maximum absolute atomic E-state index is 14.4. The first-order valence-electron chi connectivity index (χ1n) is 10.3. The summed E-state index contributed by atoms with van der Waals surface area (Å²) in [5.41, 5.74) is 1.47. The van der Waals surface area contributed by atoms with Crippen molar-refractivity contribution in [2.24, 2.45) is 0 Å². The van der Waals surface area contributed by atoms with Crippen LogP contribution < -0.4 is 5.32 Å². The van der Waals surface area contributed by atoms with Crippen LogP contribution in [0, 0.1) is 5.82 Å². The van der Waals surface area contributed by atoms with E-state index in [9.17, 15) is 17.6 Å². The molecule has 0 unspecified atom stereocenters. The highest BCUT2D eigenvalue weighted by Crippen LogP contribution is 2.26. The van der Waals surface area contributed by atoms with Gasteiger partial charge in [0.2, 0.25) is 5.91 Å². The third kappa shape index (κ3) is 5.55. The minimum atomic E-state index is -3.06. The van der Waals surface area contributed by atoms with Gasteiger partial charge in [0.15, 0.2) is 20.8 Å². The predicted octanol–water partition coefficient (Wildman–Crippen LogP) is 2.72. The van der Waals surface area contributed by atoms with E-state index < -0.39 is 15.7 Å². The Kier molecular flexibility index (Phi) is 6.90.